The molecular weight excluding hydrogens is 386 g/mol. The molecule has 2 heterocycles. The van der Waals surface area contributed by atoms with Gasteiger partial charge < -0.3 is 4.74 Å². The molecule has 0 unspecified atom stereocenters. The quantitative estimate of drug-likeness (QED) is 0.348. The number of nitrogens with one attached hydrogen (secondary N) is 1. The fourth-order valence-corrected chi connectivity index (χ4v) is 3.63. The molecule has 0 radical (unpaired) electrons. The van der Waals surface area contributed by atoms with Crippen molar-refractivity contribution < 1.29 is 14.5 Å². The van der Waals surface area contributed by atoms with E-state index in [-0.39, 0.29) is 10.9 Å². The topological polar surface area (TPSA) is 94.4 Å². The Bertz CT molecular complexity index is 977. The largest absolute Gasteiger partial charge is 0.494 e. The van der Waals surface area contributed by atoms with Gasteiger partial charge in [-0.1, -0.05) is 11.3 Å². The molecule has 0 atom stereocenters. The van der Waals surface area contributed by atoms with Crippen LogP contribution in [-0.4, -0.2) is 22.4 Å². The highest BCUT2D eigenvalue weighted by atomic mass is 32.1. The molecule has 1 amide bonds. The summed E-state index contributed by atoms with van der Waals surface area (Å²) in [6, 6.07) is 10.6. The van der Waals surface area contributed by atoms with Gasteiger partial charge in [0.2, 0.25) is 5.91 Å². The number of amides is 1. The molecule has 1 aromatic carbocycles. The van der Waals surface area contributed by atoms with Gasteiger partial charge in [-0.3, -0.25) is 20.2 Å². The number of rotatable bonds is 7. The first-order chi connectivity index (χ1) is 13.0. The third-order valence-corrected chi connectivity index (χ3v) is 5.15. The van der Waals surface area contributed by atoms with Crippen molar-refractivity contribution in [1.82, 2.24) is 4.98 Å². The van der Waals surface area contributed by atoms with Crippen molar-refractivity contribution in [3.8, 4) is 17.0 Å². The molecule has 0 aliphatic carbocycles. The van der Waals surface area contributed by atoms with E-state index in [0.717, 1.165) is 28.3 Å². The molecule has 2 aromatic heterocycles. The van der Waals surface area contributed by atoms with Crippen molar-refractivity contribution in [2.45, 2.75) is 6.92 Å². The standard InChI is InChI=1S/C18H15N3O4S2/c1-2-25-13-5-3-12(4-6-13)15-11-26-18(19-15)20-16(22)9-7-14-8-10-17(27-14)21(23)24/h3-11H,2H2,1H3,(H,19,20,22). The first-order valence-electron chi connectivity index (χ1n) is 7.97. The van der Waals surface area contributed by atoms with Crippen LogP contribution in [0.5, 0.6) is 5.75 Å². The van der Waals surface area contributed by atoms with E-state index in [0.29, 0.717) is 16.6 Å². The maximum absolute atomic E-state index is 12.0. The van der Waals surface area contributed by atoms with Crippen LogP contribution in [0.4, 0.5) is 10.1 Å². The van der Waals surface area contributed by atoms with Crippen LogP contribution in [0, 0.1) is 10.1 Å². The molecule has 27 heavy (non-hydrogen) atoms. The number of hydrogen-bond donors (Lipinski definition) is 1. The lowest BCUT2D eigenvalue weighted by Gasteiger charge is -2.03. The Balaban J connectivity index is 1.61. The van der Waals surface area contributed by atoms with E-state index in [1.807, 2.05) is 36.6 Å². The van der Waals surface area contributed by atoms with E-state index in [2.05, 4.69) is 10.3 Å². The minimum Gasteiger partial charge on any atom is -0.494 e. The zero-order valence-corrected chi connectivity index (χ0v) is 15.9. The summed E-state index contributed by atoms with van der Waals surface area (Å²) in [5.74, 6) is 0.447. The Labute approximate surface area is 163 Å². The van der Waals surface area contributed by atoms with E-state index in [1.54, 1.807) is 6.07 Å². The van der Waals surface area contributed by atoms with Crippen molar-refractivity contribution in [3.63, 3.8) is 0 Å². The summed E-state index contributed by atoms with van der Waals surface area (Å²) in [6.07, 6.45) is 2.86. The van der Waals surface area contributed by atoms with Crippen molar-refractivity contribution in [2.24, 2.45) is 0 Å². The highest BCUT2D eigenvalue weighted by Gasteiger charge is 2.09. The number of anilines is 1. The second-order valence-corrected chi connectivity index (χ2v) is 7.20. The molecule has 0 bridgehead atoms. The number of carbonyl (C=O) groups excluding carboxylic acids is 1. The second-order valence-electron chi connectivity index (χ2n) is 5.25. The fourth-order valence-electron chi connectivity index (χ4n) is 2.19. The number of ether oxygens (including phenoxy) is 1. The van der Waals surface area contributed by atoms with Crippen LogP contribution in [0.1, 0.15) is 11.8 Å². The molecule has 0 saturated heterocycles. The summed E-state index contributed by atoms with van der Waals surface area (Å²) in [5.41, 5.74) is 1.69. The van der Waals surface area contributed by atoms with Crippen LogP contribution in [0.3, 0.4) is 0 Å². The summed E-state index contributed by atoms with van der Waals surface area (Å²) >= 11 is 2.33. The van der Waals surface area contributed by atoms with E-state index >= 15 is 0 Å². The van der Waals surface area contributed by atoms with Gasteiger partial charge in [-0.15, -0.1) is 11.3 Å². The van der Waals surface area contributed by atoms with E-state index in [4.69, 9.17) is 4.74 Å². The van der Waals surface area contributed by atoms with Gasteiger partial charge in [0.1, 0.15) is 5.75 Å². The van der Waals surface area contributed by atoms with Crippen molar-refractivity contribution in [3.05, 3.63) is 62.8 Å². The van der Waals surface area contributed by atoms with Gasteiger partial charge >= 0.3 is 5.00 Å². The van der Waals surface area contributed by atoms with Crippen LogP contribution < -0.4 is 10.1 Å². The first kappa shape index (κ1) is 18.7. The van der Waals surface area contributed by atoms with Crippen LogP contribution in [0.2, 0.25) is 0 Å². The van der Waals surface area contributed by atoms with Gasteiger partial charge in [-0.2, -0.15) is 0 Å². The molecule has 0 spiro atoms. The van der Waals surface area contributed by atoms with Gasteiger partial charge in [0, 0.05) is 28.0 Å². The molecule has 3 rings (SSSR count). The number of nitro groups is 1. The maximum atomic E-state index is 12.0. The monoisotopic (exact) mass is 401 g/mol. The Morgan fingerprint density at radius 3 is 2.74 bits per heavy atom. The first-order valence-corrected chi connectivity index (χ1v) is 9.67. The molecule has 0 aliphatic rings. The van der Waals surface area contributed by atoms with Gasteiger partial charge in [-0.25, -0.2) is 4.98 Å². The lowest BCUT2D eigenvalue weighted by Crippen LogP contribution is -2.07. The number of carbonyl (C=O) groups is 1. The SMILES string of the molecule is CCOc1ccc(-c2csc(NC(=O)C=Cc3ccc([N+](=O)[O-])s3)n2)cc1. The van der Waals surface area contributed by atoms with Gasteiger partial charge in [0.05, 0.1) is 17.2 Å². The van der Waals surface area contributed by atoms with E-state index < -0.39 is 4.92 Å². The minimum absolute atomic E-state index is 0.0370. The zero-order chi connectivity index (χ0) is 19.2. The van der Waals surface area contributed by atoms with Crippen LogP contribution in [0.15, 0.2) is 47.9 Å². The average Bonchev–Trinajstić information content (AvgIpc) is 3.30. The normalized spacial score (nSPS) is 10.9. The number of thiophene rings is 1. The number of thiazole rings is 1. The number of nitrogens with zero attached hydrogens (tertiary/aromatic N) is 2. The fraction of sp³-hybridized carbons (Fsp3) is 0.111. The van der Waals surface area contributed by atoms with Crippen LogP contribution in [-0.2, 0) is 4.79 Å². The zero-order valence-electron chi connectivity index (χ0n) is 14.2. The molecule has 1 N–H and O–H groups in total. The van der Waals surface area contributed by atoms with Crippen molar-refractivity contribution in [1.29, 1.82) is 0 Å². The van der Waals surface area contributed by atoms with Gasteiger partial charge in [0.25, 0.3) is 0 Å². The average molecular weight is 401 g/mol. The van der Waals surface area contributed by atoms with Crippen LogP contribution >= 0.6 is 22.7 Å². The molecule has 0 fully saturated rings. The van der Waals surface area contributed by atoms with Gasteiger partial charge in [0.15, 0.2) is 5.13 Å². The number of aromatic nitrogens is 1. The summed E-state index contributed by atoms with van der Waals surface area (Å²) < 4.78 is 5.41. The molecule has 138 valence electrons. The highest BCUT2D eigenvalue weighted by molar-refractivity contribution is 7.16. The maximum Gasteiger partial charge on any atom is 0.324 e. The predicted molar refractivity (Wildman–Crippen MR) is 107 cm³/mol. The summed E-state index contributed by atoms with van der Waals surface area (Å²) in [6.45, 7) is 2.54. The molecule has 7 nitrogen and oxygen atoms in total. The number of hydrogen-bond acceptors (Lipinski definition) is 7. The summed E-state index contributed by atoms with van der Waals surface area (Å²) in [7, 11) is 0. The lowest BCUT2D eigenvalue weighted by atomic mass is 10.2. The Kier molecular flexibility index (Phi) is 5.94. The lowest BCUT2D eigenvalue weighted by molar-refractivity contribution is -0.380. The van der Waals surface area contributed by atoms with Gasteiger partial charge in [-0.05, 0) is 43.3 Å². The smallest absolute Gasteiger partial charge is 0.324 e. The third-order valence-electron chi connectivity index (χ3n) is 3.39. The third kappa shape index (κ3) is 4.99. The second kappa shape index (κ2) is 8.56. The Morgan fingerprint density at radius 1 is 1.30 bits per heavy atom. The predicted octanol–water partition coefficient (Wildman–Crippen LogP) is 4.83. The van der Waals surface area contributed by atoms with E-state index in [1.165, 1.54) is 29.6 Å². The highest BCUT2D eigenvalue weighted by Crippen LogP contribution is 2.27. The molecule has 3 aromatic rings. The minimum atomic E-state index is -0.458. The van der Waals surface area contributed by atoms with Crippen molar-refractivity contribution >= 4 is 44.8 Å². The summed E-state index contributed by atoms with van der Waals surface area (Å²) in [5, 5.41) is 15.7. The Hall–Kier alpha value is -3.04. The molecule has 9 heteroatoms. The molecular formula is C18H15N3O4S2. The molecule has 0 aliphatic heterocycles. The van der Waals surface area contributed by atoms with Crippen molar-refractivity contribution in [2.75, 3.05) is 11.9 Å². The Morgan fingerprint density at radius 2 is 2.07 bits per heavy atom. The summed E-state index contributed by atoms with van der Waals surface area (Å²) in [4.78, 5) is 27.3. The number of benzene rings is 1. The van der Waals surface area contributed by atoms with Crippen LogP contribution in [0.25, 0.3) is 17.3 Å². The van der Waals surface area contributed by atoms with E-state index in [9.17, 15) is 14.9 Å². The molecule has 0 saturated carbocycles.